The molecule has 0 bridgehead atoms. The molecular weight excluding hydrogens is 522 g/mol. The fraction of sp³-hybridized carbons (Fsp3) is 0.375. The second kappa shape index (κ2) is 12.7. The Kier molecular flexibility index (Phi) is 9.30. The molecule has 7 nitrogen and oxygen atoms in total. The molecule has 1 aliphatic carbocycles. The van der Waals surface area contributed by atoms with Crippen LogP contribution in [0.3, 0.4) is 0 Å². The quantitative estimate of drug-likeness (QED) is 0.365. The second-order valence-corrected chi connectivity index (χ2v) is 12.6. The molecule has 0 heterocycles. The van der Waals surface area contributed by atoms with Crippen molar-refractivity contribution in [3.63, 3.8) is 0 Å². The minimum absolute atomic E-state index is 0.0980. The molecule has 3 aromatic carbocycles. The number of nitrogens with one attached hydrogen (secondary N) is 1. The van der Waals surface area contributed by atoms with E-state index in [1.165, 1.54) is 21.3 Å². The summed E-state index contributed by atoms with van der Waals surface area (Å²) < 4.78 is 29.1. The Balaban J connectivity index is 1.70. The van der Waals surface area contributed by atoms with Crippen molar-refractivity contribution >= 4 is 27.5 Å². The van der Waals surface area contributed by atoms with E-state index in [9.17, 15) is 18.0 Å². The molecule has 1 N–H and O–H groups in total. The van der Waals surface area contributed by atoms with Crippen molar-refractivity contribution < 1.29 is 18.0 Å². The highest BCUT2D eigenvalue weighted by molar-refractivity contribution is 7.92. The van der Waals surface area contributed by atoms with Gasteiger partial charge in [0.1, 0.15) is 12.6 Å². The van der Waals surface area contributed by atoms with Crippen molar-refractivity contribution in [2.75, 3.05) is 10.8 Å². The van der Waals surface area contributed by atoms with Crippen LogP contribution in [0.15, 0.2) is 77.7 Å². The number of anilines is 1. The molecule has 212 valence electrons. The lowest BCUT2D eigenvalue weighted by atomic mass is 10.1. The summed E-state index contributed by atoms with van der Waals surface area (Å²) in [6.07, 6.45) is 4.02. The number of carbonyl (C=O) groups is 2. The number of hydrogen-bond acceptors (Lipinski definition) is 4. The molecule has 2 amide bonds. The van der Waals surface area contributed by atoms with Gasteiger partial charge in [0.15, 0.2) is 0 Å². The Bertz CT molecular complexity index is 1430. The van der Waals surface area contributed by atoms with Crippen LogP contribution in [0.4, 0.5) is 5.69 Å². The largest absolute Gasteiger partial charge is 0.352 e. The molecule has 0 spiro atoms. The Morgan fingerprint density at radius 3 is 2.20 bits per heavy atom. The number of rotatable bonds is 10. The van der Waals surface area contributed by atoms with Gasteiger partial charge in [0, 0.05) is 12.6 Å². The van der Waals surface area contributed by atoms with Crippen LogP contribution in [-0.4, -0.2) is 43.8 Å². The third-order valence-electron chi connectivity index (χ3n) is 7.80. The first-order chi connectivity index (χ1) is 19.1. The molecule has 4 rings (SSSR count). The van der Waals surface area contributed by atoms with Crippen LogP contribution in [-0.2, 0) is 26.2 Å². The molecule has 0 radical (unpaired) electrons. The molecule has 1 atom stereocenters. The summed E-state index contributed by atoms with van der Waals surface area (Å²) in [6.45, 7) is 7.21. The maximum atomic E-state index is 14.1. The summed E-state index contributed by atoms with van der Waals surface area (Å²) in [4.78, 5) is 29.0. The third-order valence-corrected chi connectivity index (χ3v) is 9.57. The van der Waals surface area contributed by atoms with Gasteiger partial charge < -0.3 is 10.2 Å². The lowest BCUT2D eigenvalue weighted by Crippen LogP contribution is -2.52. The molecule has 1 aliphatic rings. The molecule has 1 saturated carbocycles. The van der Waals surface area contributed by atoms with Gasteiger partial charge in [-0.3, -0.25) is 13.9 Å². The van der Waals surface area contributed by atoms with Crippen molar-refractivity contribution in [1.82, 2.24) is 10.2 Å². The Morgan fingerprint density at radius 1 is 0.900 bits per heavy atom. The first-order valence-corrected chi connectivity index (χ1v) is 15.3. The monoisotopic (exact) mass is 561 g/mol. The molecule has 8 heteroatoms. The van der Waals surface area contributed by atoms with Crippen LogP contribution in [0.5, 0.6) is 0 Å². The van der Waals surface area contributed by atoms with E-state index in [-0.39, 0.29) is 23.4 Å². The zero-order chi connectivity index (χ0) is 28.9. The molecule has 3 aromatic rings. The second-order valence-electron chi connectivity index (χ2n) is 10.7. The molecule has 0 saturated heterocycles. The fourth-order valence-electron chi connectivity index (χ4n) is 5.10. The van der Waals surface area contributed by atoms with Crippen molar-refractivity contribution in [3.8, 4) is 0 Å². The third kappa shape index (κ3) is 6.73. The van der Waals surface area contributed by atoms with Gasteiger partial charge in [0.2, 0.25) is 11.8 Å². The number of amides is 2. The first-order valence-electron chi connectivity index (χ1n) is 13.9. The number of sulfonamides is 1. The summed E-state index contributed by atoms with van der Waals surface area (Å²) in [5.74, 6) is -0.674. The topological polar surface area (TPSA) is 86.8 Å². The van der Waals surface area contributed by atoms with E-state index in [4.69, 9.17) is 0 Å². The molecule has 0 aliphatic heterocycles. The average Bonchev–Trinajstić information content (AvgIpc) is 3.46. The number of hydrogen-bond donors (Lipinski definition) is 1. The van der Waals surface area contributed by atoms with Crippen molar-refractivity contribution in [2.45, 2.75) is 76.9 Å². The average molecular weight is 562 g/mol. The molecule has 1 fully saturated rings. The normalized spacial score (nSPS) is 14.5. The summed E-state index contributed by atoms with van der Waals surface area (Å²) in [5, 5.41) is 3.10. The van der Waals surface area contributed by atoms with Gasteiger partial charge in [-0.05, 0) is 75.4 Å². The zero-order valence-electron chi connectivity index (χ0n) is 23.8. The van der Waals surface area contributed by atoms with E-state index in [1.807, 2.05) is 51.1 Å². The van der Waals surface area contributed by atoms with Crippen LogP contribution in [0.1, 0.15) is 54.9 Å². The van der Waals surface area contributed by atoms with Crippen LogP contribution >= 0.6 is 0 Å². The lowest BCUT2D eigenvalue weighted by Gasteiger charge is -2.33. The Labute approximate surface area is 238 Å². The lowest BCUT2D eigenvalue weighted by molar-refractivity contribution is -0.139. The zero-order valence-corrected chi connectivity index (χ0v) is 24.6. The Hall–Kier alpha value is -3.65. The molecular formula is C32H39N3O4S. The minimum atomic E-state index is -4.08. The van der Waals surface area contributed by atoms with E-state index < -0.39 is 28.5 Å². The van der Waals surface area contributed by atoms with Gasteiger partial charge in [0.05, 0.1) is 10.6 Å². The van der Waals surface area contributed by atoms with Gasteiger partial charge in [-0.15, -0.1) is 0 Å². The first kappa shape index (κ1) is 29.3. The smallest absolute Gasteiger partial charge is 0.264 e. The van der Waals surface area contributed by atoms with Crippen molar-refractivity contribution in [3.05, 3.63) is 95.1 Å². The highest BCUT2D eigenvalue weighted by atomic mass is 32.2. The summed E-state index contributed by atoms with van der Waals surface area (Å²) in [6, 6.07) is 20.7. The standard InChI is InChI=1S/C32H39N3O4S/c1-23-17-19-27(20-18-23)21-34(26(4)32(37)33-28-12-8-9-13-28)31(36)22-35(30-16-10-11-24(2)25(30)3)40(38,39)29-14-6-5-7-15-29/h5-7,10-11,14-20,26,28H,8-9,12-13,21-22H2,1-4H3,(H,33,37). The predicted octanol–water partition coefficient (Wildman–Crippen LogP) is 5.28. The number of carbonyl (C=O) groups excluding carboxylic acids is 2. The molecule has 1 unspecified atom stereocenters. The van der Waals surface area contributed by atoms with Crippen LogP contribution in [0.2, 0.25) is 0 Å². The van der Waals surface area contributed by atoms with E-state index in [2.05, 4.69) is 5.32 Å². The summed E-state index contributed by atoms with van der Waals surface area (Å²) >= 11 is 0. The van der Waals surface area contributed by atoms with Gasteiger partial charge in [0.25, 0.3) is 10.0 Å². The summed E-state index contributed by atoms with van der Waals surface area (Å²) in [5.41, 5.74) is 4.08. The predicted molar refractivity (Wildman–Crippen MR) is 158 cm³/mol. The molecule has 40 heavy (non-hydrogen) atoms. The van der Waals surface area contributed by atoms with E-state index in [0.717, 1.165) is 47.9 Å². The molecule has 0 aromatic heterocycles. The van der Waals surface area contributed by atoms with Crippen molar-refractivity contribution in [2.24, 2.45) is 0 Å². The van der Waals surface area contributed by atoms with Crippen LogP contribution < -0.4 is 9.62 Å². The van der Waals surface area contributed by atoms with E-state index in [1.54, 1.807) is 37.3 Å². The van der Waals surface area contributed by atoms with E-state index in [0.29, 0.717) is 5.69 Å². The highest BCUT2D eigenvalue weighted by Gasteiger charge is 2.34. The number of aryl methyl sites for hydroxylation is 2. The number of nitrogens with zero attached hydrogens (tertiary/aromatic N) is 2. The summed E-state index contributed by atoms with van der Waals surface area (Å²) in [7, 11) is -4.08. The fourth-order valence-corrected chi connectivity index (χ4v) is 6.60. The highest BCUT2D eigenvalue weighted by Crippen LogP contribution is 2.29. The maximum absolute atomic E-state index is 14.1. The van der Waals surface area contributed by atoms with Crippen LogP contribution in [0.25, 0.3) is 0 Å². The van der Waals surface area contributed by atoms with Crippen molar-refractivity contribution in [1.29, 1.82) is 0 Å². The van der Waals surface area contributed by atoms with Gasteiger partial charge >= 0.3 is 0 Å². The van der Waals surface area contributed by atoms with Gasteiger partial charge in [-0.2, -0.15) is 0 Å². The van der Waals surface area contributed by atoms with Gasteiger partial charge in [-0.25, -0.2) is 8.42 Å². The SMILES string of the molecule is Cc1ccc(CN(C(=O)CN(c2cccc(C)c2C)S(=O)(=O)c2ccccc2)C(C)C(=O)NC2CCCC2)cc1. The van der Waals surface area contributed by atoms with Gasteiger partial charge in [-0.1, -0.05) is 73.0 Å². The number of benzene rings is 3. The Morgan fingerprint density at radius 2 is 1.55 bits per heavy atom. The van der Waals surface area contributed by atoms with E-state index >= 15 is 0 Å². The minimum Gasteiger partial charge on any atom is -0.352 e. The maximum Gasteiger partial charge on any atom is 0.264 e. The van der Waals surface area contributed by atoms with Crippen LogP contribution in [0, 0.1) is 20.8 Å².